The molecule has 29 heavy (non-hydrogen) atoms. The van der Waals surface area contributed by atoms with Gasteiger partial charge in [-0.25, -0.2) is 13.9 Å². The molecule has 2 amide bonds. The molecular formula is C20H20FN5O3. The number of amides is 2. The molecule has 2 aromatic carbocycles. The van der Waals surface area contributed by atoms with Gasteiger partial charge in [-0.3, -0.25) is 0 Å². The van der Waals surface area contributed by atoms with Gasteiger partial charge < -0.3 is 20.1 Å². The SMILES string of the molecule is O=C(Nc1ccc(OCc2ccccc2)c(F)c1)N1C[C@@H](O)[C@H](n2ccnn2)C1. The lowest BCUT2D eigenvalue weighted by atomic mass is 10.2. The molecular weight excluding hydrogens is 377 g/mol. The number of rotatable bonds is 5. The quantitative estimate of drug-likeness (QED) is 0.690. The molecule has 0 radical (unpaired) electrons. The Labute approximate surface area is 166 Å². The van der Waals surface area contributed by atoms with Crippen molar-refractivity contribution in [2.24, 2.45) is 0 Å². The van der Waals surface area contributed by atoms with E-state index in [4.69, 9.17) is 4.74 Å². The van der Waals surface area contributed by atoms with Gasteiger partial charge in [-0.05, 0) is 17.7 Å². The largest absolute Gasteiger partial charge is 0.486 e. The Morgan fingerprint density at radius 2 is 2.07 bits per heavy atom. The van der Waals surface area contributed by atoms with E-state index in [1.54, 1.807) is 12.3 Å². The first-order valence-electron chi connectivity index (χ1n) is 9.16. The third-order valence-electron chi connectivity index (χ3n) is 4.75. The van der Waals surface area contributed by atoms with E-state index in [0.29, 0.717) is 5.69 Å². The maximum Gasteiger partial charge on any atom is 0.322 e. The second-order valence-corrected chi connectivity index (χ2v) is 6.77. The van der Waals surface area contributed by atoms with Crippen LogP contribution < -0.4 is 10.1 Å². The van der Waals surface area contributed by atoms with Gasteiger partial charge in [0.2, 0.25) is 0 Å². The van der Waals surface area contributed by atoms with Crippen LogP contribution in [0, 0.1) is 5.82 Å². The fourth-order valence-corrected chi connectivity index (χ4v) is 3.22. The molecule has 1 fully saturated rings. The summed E-state index contributed by atoms with van der Waals surface area (Å²) in [5.74, 6) is -0.463. The fraction of sp³-hybridized carbons (Fsp3) is 0.250. The second-order valence-electron chi connectivity index (χ2n) is 6.77. The number of hydrogen-bond donors (Lipinski definition) is 2. The van der Waals surface area contributed by atoms with Gasteiger partial charge in [-0.1, -0.05) is 35.5 Å². The minimum atomic E-state index is -0.757. The number of aromatic nitrogens is 3. The van der Waals surface area contributed by atoms with E-state index in [1.165, 1.54) is 27.9 Å². The molecule has 0 aliphatic carbocycles. The van der Waals surface area contributed by atoms with Crippen molar-refractivity contribution in [1.82, 2.24) is 19.9 Å². The van der Waals surface area contributed by atoms with Crippen LogP contribution in [0.3, 0.4) is 0 Å². The van der Waals surface area contributed by atoms with Crippen LogP contribution in [0.4, 0.5) is 14.9 Å². The van der Waals surface area contributed by atoms with Crippen LogP contribution in [0.5, 0.6) is 5.75 Å². The van der Waals surface area contributed by atoms with E-state index in [0.717, 1.165) is 5.56 Å². The van der Waals surface area contributed by atoms with E-state index in [1.807, 2.05) is 30.3 Å². The molecule has 1 aromatic heterocycles. The smallest absolute Gasteiger partial charge is 0.322 e. The minimum Gasteiger partial charge on any atom is -0.486 e. The third-order valence-corrected chi connectivity index (χ3v) is 4.75. The number of likely N-dealkylation sites (tertiary alicyclic amines) is 1. The fourth-order valence-electron chi connectivity index (χ4n) is 3.22. The van der Waals surface area contributed by atoms with Crippen molar-refractivity contribution < 1.29 is 19.0 Å². The molecule has 8 nitrogen and oxygen atoms in total. The highest BCUT2D eigenvalue weighted by Crippen LogP contribution is 2.25. The summed E-state index contributed by atoms with van der Waals surface area (Å²) in [5, 5.41) is 20.4. The summed E-state index contributed by atoms with van der Waals surface area (Å²) in [6, 6.07) is 12.9. The molecule has 150 valence electrons. The van der Waals surface area contributed by atoms with E-state index in [-0.39, 0.29) is 31.5 Å². The predicted molar refractivity (Wildman–Crippen MR) is 103 cm³/mol. The Morgan fingerprint density at radius 1 is 1.24 bits per heavy atom. The standard InChI is InChI=1S/C20H20FN5O3/c21-16-10-15(6-7-19(16)29-13-14-4-2-1-3-5-14)23-20(28)25-11-17(18(27)12-25)26-9-8-22-24-26/h1-10,17-18,27H,11-13H2,(H,23,28)/t17-,18-/m1/s1. The first-order valence-corrected chi connectivity index (χ1v) is 9.16. The van der Waals surface area contributed by atoms with Gasteiger partial charge in [-0.15, -0.1) is 5.10 Å². The predicted octanol–water partition coefficient (Wildman–Crippen LogP) is 2.45. The molecule has 2 N–H and O–H groups in total. The monoisotopic (exact) mass is 397 g/mol. The molecule has 3 aromatic rings. The Balaban J connectivity index is 1.35. The molecule has 2 atom stereocenters. The van der Waals surface area contributed by atoms with Crippen LogP contribution in [0.25, 0.3) is 0 Å². The van der Waals surface area contributed by atoms with E-state index < -0.39 is 18.0 Å². The Bertz CT molecular complexity index is 968. The Kier molecular flexibility index (Phi) is 5.39. The molecule has 0 bridgehead atoms. The number of aliphatic hydroxyl groups excluding tert-OH is 1. The van der Waals surface area contributed by atoms with E-state index >= 15 is 0 Å². The van der Waals surface area contributed by atoms with Crippen molar-refractivity contribution in [3.05, 3.63) is 72.3 Å². The number of aliphatic hydroxyl groups is 1. The number of urea groups is 1. The highest BCUT2D eigenvalue weighted by Gasteiger charge is 2.35. The van der Waals surface area contributed by atoms with Crippen molar-refractivity contribution in [3.63, 3.8) is 0 Å². The molecule has 2 heterocycles. The highest BCUT2D eigenvalue weighted by molar-refractivity contribution is 5.89. The second kappa shape index (κ2) is 8.27. The number of ether oxygens (including phenoxy) is 1. The molecule has 0 spiro atoms. The molecule has 1 aliphatic rings. The van der Waals surface area contributed by atoms with Gasteiger partial charge in [0.25, 0.3) is 0 Å². The van der Waals surface area contributed by atoms with Gasteiger partial charge in [0, 0.05) is 24.5 Å². The summed E-state index contributed by atoms with van der Waals surface area (Å²) in [4.78, 5) is 13.9. The number of hydrogen-bond acceptors (Lipinski definition) is 5. The number of anilines is 1. The number of benzene rings is 2. The maximum atomic E-state index is 14.3. The van der Waals surface area contributed by atoms with Crippen molar-refractivity contribution in [3.8, 4) is 5.75 Å². The molecule has 1 aliphatic heterocycles. The molecule has 9 heteroatoms. The zero-order chi connectivity index (χ0) is 20.2. The van der Waals surface area contributed by atoms with Gasteiger partial charge in [0.1, 0.15) is 6.61 Å². The maximum absolute atomic E-state index is 14.3. The lowest BCUT2D eigenvalue weighted by molar-refractivity contribution is 0.139. The number of carbonyl (C=O) groups excluding carboxylic acids is 1. The lowest BCUT2D eigenvalue weighted by Gasteiger charge is -2.17. The number of nitrogens with zero attached hydrogens (tertiary/aromatic N) is 4. The molecule has 1 saturated heterocycles. The summed E-state index contributed by atoms with van der Waals surface area (Å²) in [6.07, 6.45) is 2.39. The molecule has 0 saturated carbocycles. The van der Waals surface area contributed by atoms with Gasteiger partial charge in [0.15, 0.2) is 11.6 Å². The van der Waals surface area contributed by atoms with Gasteiger partial charge >= 0.3 is 6.03 Å². The summed E-state index contributed by atoms with van der Waals surface area (Å²) in [6.45, 7) is 0.674. The average Bonchev–Trinajstić information content (AvgIpc) is 3.37. The highest BCUT2D eigenvalue weighted by atomic mass is 19.1. The van der Waals surface area contributed by atoms with E-state index in [9.17, 15) is 14.3 Å². The van der Waals surface area contributed by atoms with Crippen LogP contribution in [-0.2, 0) is 6.61 Å². The third kappa shape index (κ3) is 4.35. The summed E-state index contributed by atoms with van der Waals surface area (Å²) in [7, 11) is 0. The van der Waals surface area contributed by atoms with Gasteiger partial charge in [-0.2, -0.15) is 0 Å². The van der Waals surface area contributed by atoms with E-state index in [2.05, 4.69) is 15.6 Å². The minimum absolute atomic E-state index is 0.106. The van der Waals surface area contributed by atoms with Crippen molar-refractivity contribution in [2.75, 3.05) is 18.4 Å². The lowest BCUT2D eigenvalue weighted by Crippen LogP contribution is -2.33. The summed E-state index contributed by atoms with van der Waals surface area (Å²) >= 11 is 0. The van der Waals surface area contributed by atoms with Crippen LogP contribution in [0.15, 0.2) is 60.9 Å². The van der Waals surface area contributed by atoms with Crippen molar-refractivity contribution in [1.29, 1.82) is 0 Å². The van der Waals surface area contributed by atoms with Crippen LogP contribution >= 0.6 is 0 Å². The molecule has 0 unspecified atom stereocenters. The van der Waals surface area contributed by atoms with Gasteiger partial charge in [0.05, 0.1) is 24.9 Å². The average molecular weight is 397 g/mol. The Morgan fingerprint density at radius 3 is 2.79 bits per heavy atom. The first kappa shape index (κ1) is 18.9. The zero-order valence-corrected chi connectivity index (χ0v) is 15.5. The number of β-amino-alcohol motifs (C(OH)–C–C–N with tert-alkyl or cyclic N) is 1. The first-order chi connectivity index (χ1) is 14.1. The molecule has 4 rings (SSSR count). The van der Waals surface area contributed by atoms with Crippen molar-refractivity contribution in [2.45, 2.75) is 18.8 Å². The van der Waals surface area contributed by atoms with Crippen LogP contribution in [-0.4, -0.2) is 50.2 Å². The summed E-state index contributed by atoms with van der Waals surface area (Å²) in [5.41, 5.74) is 1.23. The Hall–Kier alpha value is -3.46. The number of nitrogens with one attached hydrogen (secondary N) is 1. The normalized spacial score (nSPS) is 18.6. The zero-order valence-electron chi connectivity index (χ0n) is 15.5. The van der Waals surface area contributed by atoms with Crippen LogP contribution in [0.2, 0.25) is 0 Å². The topological polar surface area (TPSA) is 92.5 Å². The summed E-state index contributed by atoms with van der Waals surface area (Å²) < 4.78 is 21.4. The number of halogens is 1. The van der Waals surface area contributed by atoms with Crippen molar-refractivity contribution >= 4 is 11.7 Å². The number of carbonyl (C=O) groups is 1. The van der Waals surface area contributed by atoms with Crippen LogP contribution in [0.1, 0.15) is 11.6 Å².